The minimum Gasteiger partial charge on any atom is -0.311 e. The van der Waals surface area contributed by atoms with Gasteiger partial charge in [-0.15, -0.1) is 0 Å². The van der Waals surface area contributed by atoms with Crippen LogP contribution in [0, 0.1) is 0 Å². The molecule has 0 atom stereocenters. The van der Waals surface area contributed by atoms with Gasteiger partial charge in [-0.05, 0) is 28.1 Å². The number of carbonyl (C=O) groups is 1. The molecule has 1 heterocycles. The molecule has 0 unspecified atom stereocenters. The second-order valence-electron chi connectivity index (χ2n) is 2.44. The van der Waals surface area contributed by atoms with Crippen molar-refractivity contribution < 1.29 is 4.79 Å². The second-order valence-corrected chi connectivity index (χ2v) is 3.85. The largest absolute Gasteiger partial charge is 0.311 e. The summed E-state index contributed by atoms with van der Waals surface area (Å²) in [6.45, 7) is 1.46. The first-order chi connectivity index (χ1) is 6.13. The highest BCUT2D eigenvalue weighted by Crippen LogP contribution is 2.19. The molecule has 5 heteroatoms. The van der Waals surface area contributed by atoms with E-state index in [9.17, 15) is 4.79 Å². The van der Waals surface area contributed by atoms with Gasteiger partial charge in [0, 0.05) is 16.7 Å². The number of hydrogen-bond donors (Lipinski definition) is 1. The van der Waals surface area contributed by atoms with E-state index in [1.165, 1.54) is 6.92 Å². The molecule has 0 aliphatic carbocycles. The van der Waals surface area contributed by atoms with E-state index in [2.05, 4.69) is 42.2 Å². The van der Waals surface area contributed by atoms with Gasteiger partial charge in [0.1, 0.15) is 5.82 Å². The molecular weight excluding hydrogens is 300 g/mol. The van der Waals surface area contributed by atoms with Crippen molar-refractivity contribution in [2.75, 3.05) is 5.32 Å². The third kappa shape index (κ3) is 3.08. The molecule has 1 N–H and O–H groups in total. The first-order valence-corrected chi connectivity index (χ1v) is 5.54. The van der Waals surface area contributed by atoms with Gasteiger partial charge in [0.05, 0.1) is 5.69 Å². The Morgan fingerprint density at radius 2 is 2.31 bits per heavy atom. The minimum atomic E-state index is -0.115. The molecule has 0 spiro atoms. The summed E-state index contributed by atoms with van der Waals surface area (Å²) in [6.07, 6.45) is 0. The van der Waals surface area contributed by atoms with Crippen LogP contribution in [0.5, 0.6) is 0 Å². The monoisotopic (exact) mass is 306 g/mol. The van der Waals surface area contributed by atoms with E-state index < -0.39 is 0 Å². The van der Waals surface area contributed by atoms with Crippen LogP contribution in [0.15, 0.2) is 16.6 Å². The first-order valence-electron chi connectivity index (χ1n) is 3.62. The maximum absolute atomic E-state index is 10.7. The molecular formula is C8H8Br2N2O. The molecule has 0 bridgehead atoms. The number of carbonyl (C=O) groups excluding carboxylic acids is 1. The molecule has 0 aliphatic heterocycles. The molecule has 0 radical (unpaired) electrons. The zero-order chi connectivity index (χ0) is 9.84. The van der Waals surface area contributed by atoms with Crippen LogP contribution in [-0.2, 0) is 10.1 Å². The van der Waals surface area contributed by atoms with E-state index in [0.29, 0.717) is 11.1 Å². The number of halogens is 2. The predicted molar refractivity (Wildman–Crippen MR) is 58.9 cm³/mol. The summed E-state index contributed by atoms with van der Waals surface area (Å²) >= 11 is 6.66. The van der Waals surface area contributed by atoms with Gasteiger partial charge in [0.25, 0.3) is 0 Å². The van der Waals surface area contributed by atoms with Crippen molar-refractivity contribution in [2.24, 2.45) is 0 Å². The highest BCUT2D eigenvalue weighted by molar-refractivity contribution is 9.10. The van der Waals surface area contributed by atoms with Crippen molar-refractivity contribution in [3.8, 4) is 0 Å². The third-order valence-electron chi connectivity index (χ3n) is 1.35. The van der Waals surface area contributed by atoms with E-state index in [1.807, 2.05) is 6.07 Å². The van der Waals surface area contributed by atoms with Crippen LogP contribution < -0.4 is 5.32 Å². The fraction of sp³-hybridized carbons (Fsp3) is 0.250. The SMILES string of the molecule is CC(=O)Nc1ccc(Br)c(CBr)n1. The van der Waals surface area contributed by atoms with Crippen LogP contribution in [0.3, 0.4) is 0 Å². The van der Waals surface area contributed by atoms with Crippen LogP contribution >= 0.6 is 31.9 Å². The Morgan fingerprint density at radius 1 is 1.62 bits per heavy atom. The summed E-state index contributed by atoms with van der Waals surface area (Å²) in [5.41, 5.74) is 0.867. The lowest BCUT2D eigenvalue weighted by Crippen LogP contribution is -2.08. The van der Waals surface area contributed by atoms with Gasteiger partial charge in [0.15, 0.2) is 0 Å². The highest BCUT2D eigenvalue weighted by atomic mass is 79.9. The fourth-order valence-electron chi connectivity index (χ4n) is 0.828. The number of nitrogens with zero attached hydrogens (tertiary/aromatic N) is 1. The molecule has 3 nitrogen and oxygen atoms in total. The van der Waals surface area contributed by atoms with E-state index in [1.54, 1.807) is 6.07 Å². The molecule has 70 valence electrons. The van der Waals surface area contributed by atoms with Crippen LogP contribution in [0.2, 0.25) is 0 Å². The second kappa shape index (κ2) is 4.72. The number of amides is 1. The molecule has 0 saturated heterocycles. The summed E-state index contributed by atoms with van der Waals surface area (Å²) in [5.74, 6) is 0.459. The maximum Gasteiger partial charge on any atom is 0.222 e. The van der Waals surface area contributed by atoms with Crippen LogP contribution in [-0.4, -0.2) is 10.9 Å². The number of anilines is 1. The van der Waals surface area contributed by atoms with Gasteiger partial charge < -0.3 is 5.32 Å². The molecule has 0 aromatic carbocycles. The molecule has 0 fully saturated rings. The van der Waals surface area contributed by atoms with Crippen molar-refractivity contribution in [1.82, 2.24) is 4.98 Å². The van der Waals surface area contributed by atoms with Gasteiger partial charge in [-0.25, -0.2) is 4.98 Å². The van der Waals surface area contributed by atoms with Crippen LogP contribution in [0.1, 0.15) is 12.6 Å². The van der Waals surface area contributed by atoms with Crippen molar-refractivity contribution in [1.29, 1.82) is 0 Å². The van der Waals surface area contributed by atoms with Crippen LogP contribution in [0.25, 0.3) is 0 Å². The van der Waals surface area contributed by atoms with E-state index in [0.717, 1.165) is 10.2 Å². The van der Waals surface area contributed by atoms with Crippen LogP contribution in [0.4, 0.5) is 5.82 Å². The molecule has 0 saturated carbocycles. The molecule has 13 heavy (non-hydrogen) atoms. The van der Waals surface area contributed by atoms with Crippen molar-refractivity contribution in [3.63, 3.8) is 0 Å². The van der Waals surface area contributed by atoms with E-state index in [4.69, 9.17) is 0 Å². The van der Waals surface area contributed by atoms with Gasteiger partial charge in [-0.2, -0.15) is 0 Å². The first kappa shape index (κ1) is 10.7. The predicted octanol–water partition coefficient (Wildman–Crippen LogP) is 2.70. The molecule has 1 aromatic heterocycles. The highest BCUT2D eigenvalue weighted by Gasteiger charge is 2.02. The lowest BCUT2D eigenvalue weighted by Gasteiger charge is -2.04. The van der Waals surface area contributed by atoms with E-state index >= 15 is 0 Å². The fourth-order valence-corrected chi connectivity index (χ4v) is 1.99. The number of pyridine rings is 1. The molecule has 1 amide bonds. The lowest BCUT2D eigenvalue weighted by atomic mass is 10.4. The number of aromatic nitrogens is 1. The van der Waals surface area contributed by atoms with E-state index in [-0.39, 0.29) is 5.91 Å². The van der Waals surface area contributed by atoms with Gasteiger partial charge in [-0.3, -0.25) is 4.79 Å². The average molecular weight is 308 g/mol. The van der Waals surface area contributed by atoms with Gasteiger partial charge >= 0.3 is 0 Å². The smallest absolute Gasteiger partial charge is 0.222 e. The Balaban J connectivity index is 2.92. The van der Waals surface area contributed by atoms with Gasteiger partial charge in [0.2, 0.25) is 5.91 Å². The quantitative estimate of drug-likeness (QED) is 0.854. The van der Waals surface area contributed by atoms with Gasteiger partial charge in [-0.1, -0.05) is 15.9 Å². The summed E-state index contributed by atoms with van der Waals surface area (Å²) in [4.78, 5) is 14.9. The topological polar surface area (TPSA) is 42.0 Å². The molecule has 1 rings (SSSR count). The number of rotatable bonds is 2. The summed E-state index contributed by atoms with van der Waals surface area (Å²) in [5, 5.41) is 3.27. The average Bonchev–Trinajstić information content (AvgIpc) is 2.07. The maximum atomic E-state index is 10.7. The minimum absolute atomic E-state index is 0.115. The Labute approximate surface area is 93.2 Å². The molecule has 1 aromatic rings. The van der Waals surface area contributed by atoms with Crippen molar-refractivity contribution in [2.45, 2.75) is 12.3 Å². The van der Waals surface area contributed by atoms with Crippen molar-refractivity contribution >= 4 is 43.6 Å². The standard InChI is InChI=1S/C8H8Br2N2O/c1-5(13)11-8-3-2-6(10)7(4-9)12-8/h2-3H,4H2,1H3,(H,11,12,13). The number of hydrogen-bond acceptors (Lipinski definition) is 2. The number of alkyl halides is 1. The number of nitrogens with one attached hydrogen (secondary N) is 1. The zero-order valence-electron chi connectivity index (χ0n) is 6.97. The summed E-state index contributed by atoms with van der Waals surface area (Å²) in [7, 11) is 0. The lowest BCUT2D eigenvalue weighted by molar-refractivity contribution is -0.114. The third-order valence-corrected chi connectivity index (χ3v) is 2.60. The Bertz CT molecular complexity index is 328. The van der Waals surface area contributed by atoms with Crippen molar-refractivity contribution in [3.05, 3.63) is 22.3 Å². The Kier molecular flexibility index (Phi) is 3.87. The Hall–Kier alpha value is -0.420. The molecule has 0 aliphatic rings. The zero-order valence-corrected chi connectivity index (χ0v) is 10.1. The Morgan fingerprint density at radius 3 is 2.85 bits per heavy atom. The normalized spacial score (nSPS) is 9.77. The summed E-state index contributed by atoms with van der Waals surface area (Å²) in [6, 6.07) is 3.60. The summed E-state index contributed by atoms with van der Waals surface area (Å²) < 4.78 is 0.929.